The SMILES string of the molecule is C=C(N)[C@H](C#N)C(=O)CSc1nn(-c2ccc(Cl)cc2)c(=S)s1. The molecule has 0 unspecified atom stereocenters. The average molecular weight is 383 g/mol. The number of halogens is 1. The van der Waals surface area contributed by atoms with Crippen molar-refractivity contribution in [1.82, 2.24) is 9.78 Å². The summed E-state index contributed by atoms with van der Waals surface area (Å²) in [6.45, 7) is 3.45. The molecule has 2 N–H and O–H groups in total. The Bertz CT molecular complexity index is 835. The summed E-state index contributed by atoms with van der Waals surface area (Å²) in [5.74, 6) is -1.21. The maximum Gasteiger partial charge on any atom is 0.184 e. The average Bonchev–Trinajstić information content (AvgIpc) is 2.87. The van der Waals surface area contributed by atoms with Gasteiger partial charge in [-0.1, -0.05) is 41.3 Å². The van der Waals surface area contributed by atoms with Crippen LogP contribution in [0.15, 0.2) is 40.9 Å². The zero-order chi connectivity index (χ0) is 17.0. The number of carbonyl (C=O) groups is 1. The van der Waals surface area contributed by atoms with Gasteiger partial charge in [-0.25, -0.2) is 4.68 Å². The van der Waals surface area contributed by atoms with Gasteiger partial charge in [0, 0.05) is 10.7 Å². The van der Waals surface area contributed by atoms with Crippen molar-refractivity contribution in [3.63, 3.8) is 0 Å². The highest BCUT2D eigenvalue weighted by Crippen LogP contribution is 2.25. The molecule has 0 saturated heterocycles. The molecule has 5 nitrogen and oxygen atoms in total. The Morgan fingerprint density at radius 1 is 1.57 bits per heavy atom. The lowest BCUT2D eigenvalue weighted by Crippen LogP contribution is -2.21. The van der Waals surface area contributed by atoms with E-state index < -0.39 is 5.92 Å². The number of allylic oxidation sites excluding steroid dienone is 1. The van der Waals surface area contributed by atoms with E-state index in [2.05, 4.69) is 11.7 Å². The molecule has 0 aliphatic heterocycles. The molecular weight excluding hydrogens is 372 g/mol. The number of hydrogen-bond acceptors (Lipinski definition) is 7. The van der Waals surface area contributed by atoms with E-state index in [0.717, 1.165) is 5.69 Å². The summed E-state index contributed by atoms with van der Waals surface area (Å²) in [6, 6.07) is 8.95. The Morgan fingerprint density at radius 3 is 2.78 bits per heavy atom. The smallest absolute Gasteiger partial charge is 0.184 e. The van der Waals surface area contributed by atoms with E-state index in [0.29, 0.717) is 13.3 Å². The van der Waals surface area contributed by atoms with Crippen molar-refractivity contribution >= 4 is 52.7 Å². The lowest BCUT2D eigenvalue weighted by molar-refractivity contribution is -0.117. The van der Waals surface area contributed by atoms with Crippen molar-refractivity contribution in [2.45, 2.75) is 4.34 Å². The molecule has 0 amide bonds. The quantitative estimate of drug-likeness (QED) is 0.607. The largest absolute Gasteiger partial charge is 0.401 e. The molecule has 0 aliphatic carbocycles. The van der Waals surface area contributed by atoms with Crippen LogP contribution in [0.5, 0.6) is 0 Å². The number of carbonyl (C=O) groups excluding carboxylic acids is 1. The first-order valence-corrected chi connectivity index (χ1v) is 8.86. The third-order valence-corrected chi connectivity index (χ3v) is 5.40. The molecule has 2 rings (SSSR count). The van der Waals surface area contributed by atoms with Crippen molar-refractivity contribution in [3.8, 4) is 11.8 Å². The van der Waals surface area contributed by atoms with Crippen molar-refractivity contribution in [3.05, 3.63) is 45.5 Å². The molecular formula is C14H11ClN4OS3. The van der Waals surface area contributed by atoms with Crippen LogP contribution in [-0.2, 0) is 4.79 Å². The third-order valence-electron chi connectivity index (χ3n) is 2.76. The predicted molar refractivity (Wildman–Crippen MR) is 95.4 cm³/mol. The number of benzene rings is 1. The third kappa shape index (κ3) is 4.42. The van der Waals surface area contributed by atoms with Crippen LogP contribution in [0.3, 0.4) is 0 Å². The first kappa shape index (κ1) is 17.7. The predicted octanol–water partition coefficient (Wildman–Crippen LogP) is 3.59. The standard InChI is InChI=1S/C14H11ClN4OS3/c1-8(17)11(6-16)12(20)7-22-13-18-19(14(21)23-13)10-4-2-9(15)3-5-10/h2-5,11H,1,7,17H2/t11-/m0/s1. The van der Waals surface area contributed by atoms with E-state index in [1.807, 2.05) is 18.2 Å². The minimum atomic E-state index is -0.992. The van der Waals surface area contributed by atoms with Crippen LogP contribution >= 0.6 is 46.9 Å². The number of nitrogens with two attached hydrogens (primary N) is 1. The summed E-state index contributed by atoms with van der Waals surface area (Å²) >= 11 is 13.7. The zero-order valence-corrected chi connectivity index (χ0v) is 14.9. The van der Waals surface area contributed by atoms with Crippen molar-refractivity contribution in [2.24, 2.45) is 11.7 Å². The number of nitrogens with zero attached hydrogens (tertiary/aromatic N) is 3. The molecule has 1 aromatic carbocycles. The van der Waals surface area contributed by atoms with E-state index >= 15 is 0 Å². The summed E-state index contributed by atoms with van der Waals surface area (Å²) in [5.41, 5.74) is 6.29. The van der Waals surface area contributed by atoms with E-state index in [-0.39, 0.29) is 17.2 Å². The molecule has 1 heterocycles. The van der Waals surface area contributed by atoms with Gasteiger partial charge < -0.3 is 5.73 Å². The van der Waals surface area contributed by atoms with Crippen LogP contribution in [-0.4, -0.2) is 21.3 Å². The van der Waals surface area contributed by atoms with Crippen molar-refractivity contribution in [2.75, 3.05) is 5.75 Å². The van der Waals surface area contributed by atoms with Gasteiger partial charge in [0.1, 0.15) is 5.92 Å². The van der Waals surface area contributed by atoms with Gasteiger partial charge in [0.2, 0.25) is 0 Å². The number of nitriles is 1. The fraction of sp³-hybridized carbons (Fsp3) is 0.143. The molecule has 0 saturated carbocycles. The second kappa shape index (κ2) is 7.75. The van der Waals surface area contributed by atoms with Gasteiger partial charge in [-0.3, -0.25) is 4.79 Å². The normalized spacial score (nSPS) is 11.7. The lowest BCUT2D eigenvalue weighted by Gasteiger charge is -2.05. The zero-order valence-electron chi connectivity index (χ0n) is 11.7. The van der Waals surface area contributed by atoms with E-state index in [1.54, 1.807) is 16.8 Å². The van der Waals surface area contributed by atoms with Crippen LogP contribution in [0.4, 0.5) is 0 Å². The molecule has 2 aromatic rings. The van der Waals surface area contributed by atoms with Crippen molar-refractivity contribution in [1.29, 1.82) is 5.26 Å². The molecule has 1 aromatic heterocycles. The molecule has 0 spiro atoms. The first-order valence-electron chi connectivity index (χ1n) is 6.28. The monoisotopic (exact) mass is 382 g/mol. The van der Waals surface area contributed by atoms with Gasteiger partial charge in [0.15, 0.2) is 14.1 Å². The molecule has 9 heteroatoms. The Balaban J connectivity index is 2.12. The summed E-state index contributed by atoms with van der Waals surface area (Å²) < 4.78 is 2.80. The molecule has 0 aliphatic rings. The van der Waals surface area contributed by atoms with Gasteiger partial charge in [0.05, 0.1) is 17.5 Å². The van der Waals surface area contributed by atoms with Crippen LogP contribution in [0, 0.1) is 21.2 Å². The van der Waals surface area contributed by atoms with E-state index in [1.165, 1.54) is 23.1 Å². The number of ketones is 1. The lowest BCUT2D eigenvalue weighted by atomic mass is 10.1. The second-order valence-electron chi connectivity index (χ2n) is 4.41. The maximum atomic E-state index is 11.9. The number of aromatic nitrogens is 2. The van der Waals surface area contributed by atoms with E-state index in [9.17, 15) is 4.79 Å². The number of Topliss-reactive ketones (excluding diaryl/α,β-unsaturated/α-hetero) is 1. The minimum Gasteiger partial charge on any atom is -0.401 e. The van der Waals surface area contributed by atoms with Gasteiger partial charge >= 0.3 is 0 Å². The van der Waals surface area contributed by atoms with Gasteiger partial charge in [0.25, 0.3) is 0 Å². The summed E-state index contributed by atoms with van der Waals surface area (Å²) in [7, 11) is 0. The van der Waals surface area contributed by atoms with Crippen LogP contribution in [0.1, 0.15) is 0 Å². The highest BCUT2D eigenvalue weighted by Gasteiger charge is 2.20. The topological polar surface area (TPSA) is 84.7 Å². The summed E-state index contributed by atoms with van der Waals surface area (Å²) in [4.78, 5) is 11.9. The highest BCUT2D eigenvalue weighted by atomic mass is 35.5. The van der Waals surface area contributed by atoms with Crippen molar-refractivity contribution < 1.29 is 4.79 Å². The van der Waals surface area contributed by atoms with Gasteiger partial charge in [-0.2, -0.15) is 5.26 Å². The Labute approximate surface area is 151 Å². The Kier molecular flexibility index (Phi) is 5.96. The summed E-state index contributed by atoms with van der Waals surface area (Å²) in [5, 5.41) is 13.9. The molecule has 0 radical (unpaired) electrons. The number of rotatable bonds is 6. The van der Waals surface area contributed by atoms with Gasteiger partial charge in [-0.15, -0.1) is 5.10 Å². The highest BCUT2D eigenvalue weighted by molar-refractivity contribution is 8.01. The Morgan fingerprint density at radius 2 is 2.22 bits per heavy atom. The number of hydrogen-bond donors (Lipinski definition) is 1. The van der Waals surface area contributed by atoms with Crippen LogP contribution in [0.25, 0.3) is 5.69 Å². The summed E-state index contributed by atoms with van der Waals surface area (Å²) in [6.07, 6.45) is 0. The minimum absolute atomic E-state index is 0.0532. The first-order chi connectivity index (χ1) is 10.9. The fourth-order valence-corrected chi connectivity index (χ4v) is 4.04. The van der Waals surface area contributed by atoms with Crippen LogP contribution < -0.4 is 5.73 Å². The van der Waals surface area contributed by atoms with Gasteiger partial charge in [-0.05, 0) is 36.5 Å². The molecule has 118 valence electrons. The number of thioether (sulfide) groups is 1. The molecule has 23 heavy (non-hydrogen) atoms. The molecule has 0 fully saturated rings. The molecule has 0 bridgehead atoms. The maximum absolute atomic E-state index is 11.9. The fourth-order valence-electron chi connectivity index (χ4n) is 1.64. The van der Waals surface area contributed by atoms with Crippen LogP contribution in [0.2, 0.25) is 5.02 Å². The van der Waals surface area contributed by atoms with E-state index in [4.69, 9.17) is 34.8 Å². The molecule has 1 atom stereocenters. The Hall–Kier alpha value is -1.66. The second-order valence-corrected chi connectivity index (χ2v) is 7.70.